The van der Waals surface area contributed by atoms with E-state index < -0.39 is 0 Å². The SMILES string of the molecule is CCC(CO)N(Cc1ccccn1)CC1CNNC1c1ccc(F)cc1. The largest absolute Gasteiger partial charge is 0.395 e. The molecule has 1 aromatic heterocycles. The minimum absolute atomic E-state index is 0.0893. The highest BCUT2D eigenvalue weighted by Crippen LogP contribution is 2.27. The number of hydrogen-bond acceptors (Lipinski definition) is 5. The molecule has 0 saturated carbocycles. The highest BCUT2D eigenvalue weighted by Gasteiger charge is 2.31. The first-order valence-corrected chi connectivity index (χ1v) is 9.20. The molecule has 5 nitrogen and oxygen atoms in total. The highest BCUT2D eigenvalue weighted by atomic mass is 19.1. The normalized spacial score (nSPS) is 21.2. The summed E-state index contributed by atoms with van der Waals surface area (Å²) in [5, 5.41) is 9.83. The number of pyridine rings is 1. The number of nitrogens with zero attached hydrogens (tertiary/aromatic N) is 2. The second-order valence-corrected chi connectivity index (χ2v) is 6.81. The van der Waals surface area contributed by atoms with Crippen LogP contribution < -0.4 is 10.9 Å². The van der Waals surface area contributed by atoms with E-state index >= 15 is 0 Å². The number of nitrogens with one attached hydrogen (secondary N) is 2. The Hall–Kier alpha value is -1.86. The predicted molar refractivity (Wildman–Crippen MR) is 99.6 cm³/mol. The summed E-state index contributed by atoms with van der Waals surface area (Å²) in [4.78, 5) is 6.74. The molecule has 26 heavy (non-hydrogen) atoms. The van der Waals surface area contributed by atoms with Gasteiger partial charge in [0.05, 0.1) is 18.3 Å². The average molecular weight is 358 g/mol. The van der Waals surface area contributed by atoms with Gasteiger partial charge in [0.25, 0.3) is 0 Å². The molecule has 2 heterocycles. The molecule has 1 saturated heterocycles. The summed E-state index contributed by atoms with van der Waals surface area (Å²) in [7, 11) is 0. The number of halogens is 1. The molecule has 0 spiro atoms. The number of benzene rings is 1. The van der Waals surface area contributed by atoms with E-state index in [1.165, 1.54) is 12.1 Å². The third-order valence-corrected chi connectivity index (χ3v) is 5.08. The van der Waals surface area contributed by atoms with Crippen LogP contribution >= 0.6 is 0 Å². The lowest BCUT2D eigenvalue weighted by atomic mass is 9.93. The predicted octanol–water partition coefficient (Wildman–Crippen LogP) is 2.26. The van der Waals surface area contributed by atoms with Gasteiger partial charge in [-0.3, -0.25) is 15.3 Å². The zero-order valence-corrected chi connectivity index (χ0v) is 15.1. The molecule has 2 aromatic rings. The van der Waals surface area contributed by atoms with E-state index in [-0.39, 0.29) is 24.5 Å². The van der Waals surface area contributed by atoms with Gasteiger partial charge in [-0.2, -0.15) is 0 Å². The Bertz CT molecular complexity index is 663. The molecule has 3 unspecified atom stereocenters. The Morgan fingerprint density at radius 2 is 2.08 bits per heavy atom. The first-order valence-electron chi connectivity index (χ1n) is 9.20. The number of aliphatic hydroxyl groups excluding tert-OH is 1. The summed E-state index contributed by atoms with van der Waals surface area (Å²) in [5.74, 6) is 0.0872. The topological polar surface area (TPSA) is 60.4 Å². The molecule has 0 aliphatic carbocycles. The number of aromatic nitrogens is 1. The molecule has 1 fully saturated rings. The molecule has 1 aromatic carbocycles. The molecule has 0 amide bonds. The van der Waals surface area contributed by atoms with Crippen LogP contribution in [0.4, 0.5) is 4.39 Å². The average Bonchev–Trinajstić information content (AvgIpc) is 3.12. The van der Waals surface area contributed by atoms with Crippen LogP contribution in [0.2, 0.25) is 0 Å². The van der Waals surface area contributed by atoms with Gasteiger partial charge in [-0.1, -0.05) is 25.1 Å². The first kappa shape index (κ1) is 18.9. The van der Waals surface area contributed by atoms with Crippen molar-refractivity contribution in [2.45, 2.75) is 32.0 Å². The molecule has 0 bridgehead atoms. The van der Waals surface area contributed by atoms with E-state index in [9.17, 15) is 9.50 Å². The van der Waals surface area contributed by atoms with Crippen LogP contribution in [0.1, 0.15) is 30.6 Å². The van der Waals surface area contributed by atoms with E-state index in [1.54, 1.807) is 6.20 Å². The van der Waals surface area contributed by atoms with Crippen molar-refractivity contribution >= 4 is 0 Å². The number of aliphatic hydroxyl groups is 1. The zero-order valence-electron chi connectivity index (χ0n) is 15.1. The van der Waals surface area contributed by atoms with Gasteiger partial charge in [0.2, 0.25) is 0 Å². The minimum Gasteiger partial charge on any atom is -0.395 e. The smallest absolute Gasteiger partial charge is 0.123 e. The quantitative estimate of drug-likeness (QED) is 0.676. The van der Waals surface area contributed by atoms with E-state index in [4.69, 9.17) is 0 Å². The molecule has 140 valence electrons. The van der Waals surface area contributed by atoms with Gasteiger partial charge < -0.3 is 5.11 Å². The van der Waals surface area contributed by atoms with Gasteiger partial charge in [-0.15, -0.1) is 0 Å². The molecule has 3 rings (SSSR count). The fourth-order valence-corrected chi connectivity index (χ4v) is 3.58. The Labute approximate surface area is 154 Å². The first-order chi connectivity index (χ1) is 12.7. The van der Waals surface area contributed by atoms with Crippen LogP contribution in [0.15, 0.2) is 48.7 Å². The zero-order chi connectivity index (χ0) is 18.4. The Kier molecular flexibility index (Phi) is 6.68. The molecule has 1 aliphatic heterocycles. The third kappa shape index (κ3) is 4.65. The summed E-state index contributed by atoms with van der Waals surface area (Å²) in [6, 6.07) is 12.8. The Balaban J connectivity index is 1.75. The maximum Gasteiger partial charge on any atom is 0.123 e. The highest BCUT2D eigenvalue weighted by molar-refractivity contribution is 5.21. The lowest BCUT2D eigenvalue weighted by Crippen LogP contribution is -2.42. The second kappa shape index (κ2) is 9.19. The van der Waals surface area contributed by atoms with Gasteiger partial charge in [0.15, 0.2) is 0 Å². The van der Waals surface area contributed by atoms with Gasteiger partial charge in [0, 0.05) is 37.8 Å². The Morgan fingerprint density at radius 3 is 2.73 bits per heavy atom. The van der Waals surface area contributed by atoms with E-state index in [0.717, 1.165) is 30.8 Å². The molecule has 3 N–H and O–H groups in total. The van der Waals surface area contributed by atoms with Crippen molar-refractivity contribution in [3.05, 3.63) is 65.7 Å². The molecular weight excluding hydrogens is 331 g/mol. The maximum absolute atomic E-state index is 13.2. The van der Waals surface area contributed by atoms with Crippen LogP contribution in [-0.2, 0) is 6.54 Å². The van der Waals surface area contributed by atoms with E-state index in [2.05, 4.69) is 27.7 Å². The number of hydrogen-bond donors (Lipinski definition) is 3. The van der Waals surface area contributed by atoms with Crippen LogP contribution in [0.25, 0.3) is 0 Å². The summed E-state index contributed by atoms with van der Waals surface area (Å²) in [6.45, 7) is 4.56. The Morgan fingerprint density at radius 1 is 1.27 bits per heavy atom. The lowest BCUT2D eigenvalue weighted by molar-refractivity contribution is 0.0949. The fourth-order valence-electron chi connectivity index (χ4n) is 3.58. The fraction of sp³-hybridized carbons (Fsp3) is 0.450. The monoisotopic (exact) mass is 358 g/mol. The minimum atomic E-state index is -0.223. The van der Waals surface area contributed by atoms with Crippen LogP contribution in [0, 0.1) is 11.7 Å². The van der Waals surface area contributed by atoms with Crippen molar-refractivity contribution in [2.75, 3.05) is 19.7 Å². The van der Waals surface area contributed by atoms with Crippen molar-refractivity contribution in [1.82, 2.24) is 20.7 Å². The van der Waals surface area contributed by atoms with Crippen LogP contribution in [0.5, 0.6) is 0 Å². The van der Waals surface area contributed by atoms with Gasteiger partial charge in [-0.05, 0) is 36.2 Å². The molecule has 3 atom stereocenters. The standard InChI is InChI=1S/C20H27FN4O/c1-2-19(14-26)25(13-18-5-3-4-10-22-18)12-16-11-23-24-20(16)15-6-8-17(21)9-7-15/h3-10,16,19-20,23-24,26H,2,11-14H2,1H3. The van der Waals surface area contributed by atoms with Crippen LogP contribution in [-0.4, -0.2) is 40.7 Å². The number of hydrazine groups is 1. The number of rotatable bonds is 8. The summed E-state index contributed by atoms with van der Waals surface area (Å²) >= 11 is 0. The van der Waals surface area contributed by atoms with E-state index in [1.807, 2.05) is 30.3 Å². The van der Waals surface area contributed by atoms with Crippen molar-refractivity contribution in [3.8, 4) is 0 Å². The van der Waals surface area contributed by atoms with Gasteiger partial charge in [-0.25, -0.2) is 9.82 Å². The molecular formula is C20H27FN4O. The summed E-state index contributed by atoms with van der Waals surface area (Å²) in [6.07, 6.45) is 2.67. The van der Waals surface area contributed by atoms with Crippen molar-refractivity contribution in [3.63, 3.8) is 0 Å². The second-order valence-electron chi connectivity index (χ2n) is 6.81. The summed E-state index contributed by atoms with van der Waals surface area (Å²) < 4.78 is 13.2. The van der Waals surface area contributed by atoms with Gasteiger partial charge >= 0.3 is 0 Å². The van der Waals surface area contributed by atoms with Crippen molar-refractivity contribution in [1.29, 1.82) is 0 Å². The van der Waals surface area contributed by atoms with Crippen LogP contribution in [0.3, 0.4) is 0 Å². The lowest BCUT2D eigenvalue weighted by Gasteiger charge is -2.33. The van der Waals surface area contributed by atoms with E-state index in [0.29, 0.717) is 12.5 Å². The molecule has 1 aliphatic rings. The van der Waals surface area contributed by atoms with Gasteiger partial charge in [0.1, 0.15) is 5.82 Å². The third-order valence-electron chi connectivity index (χ3n) is 5.08. The van der Waals surface area contributed by atoms with Crippen molar-refractivity contribution < 1.29 is 9.50 Å². The molecule has 6 heteroatoms. The molecule has 0 radical (unpaired) electrons. The van der Waals surface area contributed by atoms with Crippen molar-refractivity contribution in [2.24, 2.45) is 5.92 Å². The maximum atomic E-state index is 13.2. The summed E-state index contributed by atoms with van der Waals surface area (Å²) in [5.41, 5.74) is 8.60.